The Morgan fingerprint density at radius 1 is 1.13 bits per heavy atom. The molecule has 0 spiro atoms. The third-order valence-electron chi connectivity index (χ3n) is 4.22. The minimum atomic E-state index is -3.48. The molecule has 3 aromatic rings. The SMILES string of the molecule is CCCS(=O)(=O)c1ccc(-c2cccnc2)c(NC(=O)Nc2ccc(F)c(Cl)c2)c1. The lowest BCUT2D eigenvalue weighted by molar-refractivity contribution is 0.262. The van der Waals surface area contributed by atoms with Gasteiger partial charge in [0.05, 0.1) is 21.4 Å². The van der Waals surface area contributed by atoms with Gasteiger partial charge < -0.3 is 10.6 Å². The van der Waals surface area contributed by atoms with E-state index in [4.69, 9.17) is 11.6 Å². The van der Waals surface area contributed by atoms with Crippen LogP contribution in [0.15, 0.2) is 65.8 Å². The van der Waals surface area contributed by atoms with Crippen LogP contribution in [0.25, 0.3) is 11.1 Å². The van der Waals surface area contributed by atoms with Gasteiger partial charge in [-0.15, -0.1) is 0 Å². The maximum atomic E-state index is 13.3. The van der Waals surface area contributed by atoms with E-state index in [-0.39, 0.29) is 21.4 Å². The Balaban J connectivity index is 1.95. The molecule has 2 aromatic carbocycles. The smallest absolute Gasteiger partial charge is 0.308 e. The number of nitrogens with zero attached hydrogens (tertiary/aromatic N) is 1. The van der Waals surface area contributed by atoms with Crippen LogP contribution in [0.4, 0.5) is 20.6 Å². The summed E-state index contributed by atoms with van der Waals surface area (Å²) in [7, 11) is -3.48. The van der Waals surface area contributed by atoms with Crippen LogP contribution in [0.5, 0.6) is 0 Å². The van der Waals surface area contributed by atoms with E-state index in [2.05, 4.69) is 15.6 Å². The highest BCUT2D eigenvalue weighted by Crippen LogP contribution is 2.31. The number of carbonyl (C=O) groups excluding carboxylic acids is 1. The molecule has 0 saturated heterocycles. The van der Waals surface area contributed by atoms with Crippen molar-refractivity contribution in [2.24, 2.45) is 0 Å². The van der Waals surface area contributed by atoms with E-state index in [0.717, 1.165) is 6.07 Å². The molecule has 0 aliphatic heterocycles. The number of aromatic nitrogens is 1. The first-order valence-corrected chi connectivity index (χ1v) is 11.1. The molecular formula is C21H19ClFN3O3S. The lowest BCUT2D eigenvalue weighted by Crippen LogP contribution is -2.20. The molecule has 0 bridgehead atoms. The molecular weight excluding hydrogens is 429 g/mol. The minimum absolute atomic E-state index is 0.00104. The number of halogens is 2. The molecule has 2 amide bonds. The topological polar surface area (TPSA) is 88.2 Å². The zero-order chi connectivity index (χ0) is 21.7. The molecule has 0 aliphatic carbocycles. The van der Waals surface area contributed by atoms with Gasteiger partial charge in [-0.2, -0.15) is 0 Å². The Morgan fingerprint density at radius 2 is 1.93 bits per heavy atom. The van der Waals surface area contributed by atoms with Gasteiger partial charge in [-0.1, -0.05) is 30.7 Å². The fourth-order valence-electron chi connectivity index (χ4n) is 2.84. The van der Waals surface area contributed by atoms with Gasteiger partial charge in [-0.05, 0) is 42.8 Å². The lowest BCUT2D eigenvalue weighted by Gasteiger charge is -2.14. The highest BCUT2D eigenvalue weighted by molar-refractivity contribution is 7.91. The highest BCUT2D eigenvalue weighted by Gasteiger charge is 2.17. The van der Waals surface area contributed by atoms with Crippen LogP contribution in [-0.4, -0.2) is 25.2 Å². The van der Waals surface area contributed by atoms with E-state index in [1.165, 1.54) is 24.3 Å². The monoisotopic (exact) mass is 447 g/mol. The van der Waals surface area contributed by atoms with Gasteiger partial charge in [0.2, 0.25) is 0 Å². The number of anilines is 2. The van der Waals surface area contributed by atoms with Gasteiger partial charge >= 0.3 is 6.03 Å². The summed E-state index contributed by atoms with van der Waals surface area (Å²) >= 11 is 5.74. The third-order valence-corrected chi connectivity index (χ3v) is 6.43. The summed E-state index contributed by atoms with van der Waals surface area (Å²) in [6.45, 7) is 1.78. The molecule has 30 heavy (non-hydrogen) atoms. The minimum Gasteiger partial charge on any atom is -0.308 e. The number of urea groups is 1. The molecule has 0 saturated carbocycles. The Hall–Kier alpha value is -2.97. The molecule has 1 aromatic heterocycles. The van der Waals surface area contributed by atoms with Gasteiger partial charge in [-0.3, -0.25) is 4.98 Å². The second kappa shape index (κ2) is 9.23. The van der Waals surface area contributed by atoms with E-state index < -0.39 is 21.7 Å². The maximum Gasteiger partial charge on any atom is 0.323 e. The molecule has 0 atom stereocenters. The van der Waals surface area contributed by atoms with Crippen molar-refractivity contribution in [1.82, 2.24) is 4.98 Å². The van der Waals surface area contributed by atoms with Gasteiger partial charge in [0.1, 0.15) is 5.82 Å². The van der Waals surface area contributed by atoms with Crippen molar-refractivity contribution < 1.29 is 17.6 Å². The molecule has 1 heterocycles. The number of pyridine rings is 1. The summed E-state index contributed by atoms with van der Waals surface area (Å²) in [4.78, 5) is 16.7. The Labute approximate surface area is 179 Å². The predicted octanol–water partition coefficient (Wildman–Crippen LogP) is 5.37. The summed E-state index contributed by atoms with van der Waals surface area (Å²) in [6.07, 6.45) is 3.70. The number of hydrogen-bond donors (Lipinski definition) is 2. The van der Waals surface area contributed by atoms with E-state index in [9.17, 15) is 17.6 Å². The Bertz CT molecular complexity index is 1170. The van der Waals surface area contributed by atoms with Gasteiger partial charge in [0.25, 0.3) is 0 Å². The second-order valence-corrected chi connectivity index (χ2v) is 8.99. The van der Waals surface area contributed by atoms with Crippen molar-refractivity contribution in [3.05, 3.63) is 71.8 Å². The normalized spacial score (nSPS) is 11.2. The average Bonchev–Trinajstić information content (AvgIpc) is 2.71. The number of benzene rings is 2. The van der Waals surface area contributed by atoms with Crippen molar-refractivity contribution in [2.75, 3.05) is 16.4 Å². The van der Waals surface area contributed by atoms with Gasteiger partial charge in [-0.25, -0.2) is 17.6 Å². The zero-order valence-corrected chi connectivity index (χ0v) is 17.6. The van der Waals surface area contributed by atoms with Crippen molar-refractivity contribution in [3.63, 3.8) is 0 Å². The van der Waals surface area contributed by atoms with Gasteiger partial charge in [0, 0.05) is 29.2 Å². The summed E-state index contributed by atoms with van der Waals surface area (Å²) in [5.41, 5.74) is 1.89. The maximum absolute atomic E-state index is 13.3. The summed E-state index contributed by atoms with van der Waals surface area (Å²) < 4.78 is 38.3. The molecule has 156 valence electrons. The summed E-state index contributed by atoms with van der Waals surface area (Å²) in [5, 5.41) is 5.09. The molecule has 3 rings (SSSR count). The molecule has 0 radical (unpaired) electrons. The van der Waals surface area contributed by atoms with Crippen LogP contribution in [0.1, 0.15) is 13.3 Å². The van der Waals surface area contributed by atoms with Crippen LogP contribution >= 0.6 is 11.6 Å². The number of nitrogens with one attached hydrogen (secondary N) is 2. The van der Waals surface area contributed by atoms with E-state index in [0.29, 0.717) is 23.2 Å². The Morgan fingerprint density at radius 3 is 2.60 bits per heavy atom. The fourth-order valence-corrected chi connectivity index (χ4v) is 4.37. The largest absolute Gasteiger partial charge is 0.323 e. The van der Waals surface area contributed by atoms with Crippen molar-refractivity contribution in [2.45, 2.75) is 18.2 Å². The molecule has 0 fully saturated rings. The first kappa shape index (κ1) is 21.7. The number of rotatable bonds is 6. The van der Waals surface area contributed by atoms with E-state index in [1.807, 2.05) is 0 Å². The summed E-state index contributed by atoms with van der Waals surface area (Å²) in [5.74, 6) is -0.603. The molecule has 0 unspecified atom stereocenters. The van der Waals surface area contributed by atoms with Crippen LogP contribution in [0, 0.1) is 5.82 Å². The zero-order valence-electron chi connectivity index (χ0n) is 16.0. The summed E-state index contributed by atoms with van der Waals surface area (Å²) in [6, 6.07) is 11.2. The number of amides is 2. The van der Waals surface area contributed by atoms with Crippen molar-refractivity contribution >= 4 is 38.8 Å². The molecule has 6 nitrogen and oxygen atoms in total. The molecule has 9 heteroatoms. The lowest BCUT2D eigenvalue weighted by atomic mass is 10.1. The average molecular weight is 448 g/mol. The standard InChI is InChI=1S/C21H19ClFN3O3S/c1-2-10-30(28,29)16-6-7-17(14-4-3-9-24-13-14)20(12-16)26-21(27)25-15-5-8-19(23)18(22)11-15/h3-9,11-13H,2,10H2,1H3,(H2,25,26,27). The number of sulfone groups is 1. The Kier molecular flexibility index (Phi) is 6.69. The quantitative estimate of drug-likeness (QED) is 0.531. The van der Waals surface area contributed by atoms with Crippen LogP contribution in [-0.2, 0) is 9.84 Å². The molecule has 2 N–H and O–H groups in total. The fraction of sp³-hybridized carbons (Fsp3) is 0.143. The van der Waals surface area contributed by atoms with E-state index >= 15 is 0 Å². The van der Waals surface area contributed by atoms with Crippen LogP contribution in [0.2, 0.25) is 5.02 Å². The number of hydrogen-bond acceptors (Lipinski definition) is 4. The van der Waals surface area contributed by atoms with Gasteiger partial charge in [0.15, 0.2) is 9.84 Å². The highest BCUT2D eigenvalue weighted by atomic mass is 35.5. The second-order valence-electron chi connectivity index (χ2n) is 6.48. The number of carbonyl (C=O) groups is 1. The van der Waals surface area contributed by atoms with Crippen LogP contribution in [0.3, 0.4) is 0 Å². The van der Waals surface area contributed by atoms with E-state index in [1.54, 1.807) is 37.5 Å². The first-order valence-electron chi connectivity index (χ1n) is 9.10. The third kappa shape index (κ3) is 5.14. The predicted molar refractivity (Wildman–Crippen MR) is 116 cm³/mol. The van der Waals surface area contributed by atoms with Crippen molar-refractivity contribution in [3.8, 4) is 11.1 Å². The van der Waals surface area contributed by atoms with Crippen molar-refractivity contribution in [1.29, 1.82) is 0 Å². The van der Waals surface area contributed by atoms with Crippen LogP contribution < -0.4 is 10.6 Å². The molecule has 0 aliphatic rings. The first-order chi connectivity index (χ1) is 14.3.